The van der Waals surface area contributed by atoms with Gasteiger partial charge in [-0.1, -0.05) is 6.07 Å². The van der Waals surface area contributed by atoms with Crippen LogP contribution in [0.4, 0.5) is 0 Å². The highest BCUT2D eigenvalue weighted by atomic mass is 16.5. The Bertz CT molecular complexity index is 1070. The number of aryl methyl sites for hydroxylation is 2. The SMILES string of the molecule is Cc1ccc(C2CC2COc2nc(C)ncc2-c2ccc(=O)n(C)c2C)nc1. The van der Waals surface area contributed by atoms with Gasteiger partial charge in [0.15, 0.2) is 0 Å². The van der Waals surface area contributed by atoms with Gasteiger partial charge in [-0.15, -0.1) is 0 Å². The van der Waals surface area contributed by atoms with E-state index in [1.54, 1.807) is 23.9 Å². The minimum absolute atomic E-state index is 0.0387. The number of aromatic nitrogens is 4. The summed E-state index contributed by atoms with van der Waals surface area (Å²) in [6.45, 7) is 6.40. The third kappa shape index (κ3) is 3.54. The summed E-state index contributed by atoms with van der Waals surface area (Å²) in [5, 5.41) is 0. The fourth-order valence-electron chi connectivity index (χ4n) is 3.44. The second-order valence-corrected chi connectivity index (χ2v) is 7.54. The van der Waals surface area contributed by atoms with E-state index in [2.05, 4.69) is 27.1 Å². The van der Waals surface area contributed by atoms with E-state index >= 15 is 0 Å². The Hall–Kier alpha value is -3.02. The van der Waals surface area contributed by atoms with Crippen molar-refractivity contribution in [1.29, 1.82) is 0 Å². The Morgan fingerprint density at radius 1 is 1.07 bits per heavy atom. The van der Waals surface area contributed by atoms with Gasteiger partial charge in [0.2, 0.25) is 11.4 Å². The summed E-state index contributed by atoms with van der Waals surface area (Å²) in [6.07, 6.45) is 4.77. The predicted molar refractivity (Wildman–Crippen MR) is 108 cm³/mol. The summed E-state index contributed by atoms with van der Waals surface area (Å²) < 4.78 is 7.75. The lowest BCUT2D eigenvalue weighted by Gasteiger charge is -2.14. The average Bonchev–Trinajstić information content (AvgIpc) is 3.45. The number of ether oxygens (including phenoxy) is 1. The highest BCUT2D eigenvalue weighted by Crippen LogP contribution is 2.47. The first-order valence-electron chi connectivity index (χ1n) is 9.50. The zero-order valence-electron chi connectivity index (χ0n) is 16.6. The van der Waals surface area contributed by atoms with E-state index in [0.29, 0.717) is 30.1 Å². The Labute approximate surface area is 164 Å². The van der Waals surface area contributed by atoms with Gasteiger partial charge in [0, 0.05) is 54.3 Å². The number of hydrogen-bond acceptors (Lipinski definition) is 5. The van der Waals surface area contributed by atoms with Gasteiger partial charge in [-0.2, -0.15) is 4.98 Å². The molecule has 28 heavy (non-hydrogen) atoms. The molecule has 0 N–H and O–H groups in total. The fraction of sp³-hybridized carbons (Fsp3) is 0.364. The van der Waals surface area contributed by atoms with Gasteiger partial charge in [0.05, 0.1) is 12.2 Å². The van der Waals surface area contributed by atoms with E-state index in [1.807, 2.05) is 33.0 Å². The lowest BCUT2D eigenvalue weighted by Crippen LogP contribution is -2.18. The maximum Gasteiger partial charge on any atom is 0.250 e. The molecule has 0 saturated heterocycles. The molecule has 4 rings (SSSR count). The van der Waals surface area contributed by atoms with Crippen molar-refractivity contribution in [2.45, 2.75) is 33.1 Å². The molecule has 0 aliphatic heterocycles. The zero-order chi connectivity index (χ0) is 19.8. The number of nitrogens with zero attached hydrogens (tertiary/aromatic N) is 4. The Kier molecular flexibility index (Phi) is 4.71. The molecule has 0 radical (unpaired) electrons. The molecule has 0 aromatic carbocycles. The van der Waals surface area contributed by atoms with Crippen LogP contribution in [0, 0.1) is 26.7 Å². The van der Waals surface area contributed by atoms with Crippen molar-refractivity contribution in [2.24, 2.45) is 13.0 Å². The Morgan fingerprint density at radius 2 is 1.89 bits per heavy atom. The van der Waals surface area contributed by atoms with Crippen molar-refractivity contribution < 1.29 is 4.74 Å². The maximum absolute atomic E-state index is 11.9. The molecular weight excluding hydrogens is 352 g/mol. The van der Waals surface area contributed by atoms with Crippen molar-refractivity contribution in [1.82, 2.24) is 19.5 Å². The highest BCUT2D eigenvalue weighted by molar-refractivity contribution is 5.69. The molecule has 1 aliphatic rings. The Morgan fingerprint density at radius 3 is 2.64 bits per heavy atom. The van der Waals surface area contributed by atoms with E-state index in [0.717, 1.165) is 28.9 Å². The summed E-state index contributed by atoms with van der Waals surface area (Å²) in [6, 6.07) is 7.58. The summed E-state index contributed by atoms with van der Waals surface area (Å²) in [5.74, 6) is 2.12. The first-order valence-corrected chi connectivity index (χ1v) is 9.50. The van der Waals surface area contributed by atoms with E-state index in [4.69, 9.17) is 4.74 Å². The molecule has 2 atom stereocenters. The molecule has 6 nitrogen and oxygen atoms in total. The maximum atomic E-state index is 11.9. The first kappa shape index (κ1) is 18.3. The van der Waals surface area contributed by atoms with Gasteiger partial charge in [0.1, 0.15) is 5.82 Å². The van der Waals surface area contributed by atoms with E-state index in [9.17, 15) is 4.79 Å². The highest BCUT2D eigenvalue weighted by Gasteiger charge is 2.40. The normalized spacial score (nSPS) is 18.1. The predicted octanol–water partition coefficient (Wildman–Crippen LogP) is 3.35. The van der Waals surface area contributed by atoms with Gasteiger partial charge in [-0.25, -0.2) is 4.98 Å². The monoisotopic (exact) mass is 376 g/mol. The number of pyridine rings is 2. The quantitative estimate of drug-likeness (QED) is 0.683. The third-order valence-corrected chi connectivity index (χ3v) is 5.45. The van der Waals surface area contributed by atoms with Gasteiger partial charge in [0.25, 0.3) is 0 Å². The molecule has 0 bridgehead atoms. The smallest absolute Gasteiger partial charge is 0.250 e. The van der Waals surface area contributed by atoms with E-state index < -0.39 is 0 Å². The first-order chi connectivity index (χ1) is 13.4. The van der Waals surface area contributed by atoms with Crippen molar-refractivity contribution in [3.05, 3.63) is 69.8 Å². The standard InChI is InChI=1S/C22H24N4O2/c1-13-5-7-20(24-10-13)18-9-16(18)12-28-22-19(11-23-15(3)25-22)17-6-8-21(27)26(4)14(17)2/h5-8,10-11,16,18H,9,12H2,1-4H3. The van der Waals surface area contributed by atoms with Crippen molar-refractivity contribution >= 4 is 0 Å². The van der Waals surface area contributed by atoms with E-state index in [1.165, 1.54) is 5.56 Å². The molecule has 0 spiro atoms. The molecule has 0 amide bonds. The van der Waals surface area contributed by atoms with Gasteiger partial charge in [-0.3, -0.25) is 9.78 Å². The van der Waals surface area contributed by atoms with Crippen LogP contribution in [0.2, 0.25) is 0 Å². The molecule has 1 fully saturated rings. The minimum atomic E-state index is -0.0387. The van der Waals surface area contributed by atoms with Gasteiger partial charge < -0.3 is 9.30 Å². The third-order valence-electron chi connectivity index (χ3n) is 5.45. The summed E-state index contributed by atoms with van der Waals surface area (Å²) in [7, 11) is 1.76. The second-order valence-electron chi connectivity index (χ2n) is 7.54. The molecule has 2 unspecified atom stereocenters. The van der Waals surface area contributed by atoms with Crippen LogP contribution in [-0.4, -0.2) is 26.1 Å². The van der Waals surface area contributed by atoms with Crippen molar-refractivity contribution in [3.63, 3.8) is 0 Å². The average molecular weight is 376 g/mol. The summed E-state index contributed by atoms with van der Waals surface area (Å²) >= 11 is 0. The molecule has 3 aromatic rings. The van der Waals surface area contributed by atoms with Crippen LogP contribution in [0.25, 0.3) is 11.1 Å². The largest absolute Gasteiger partial charge is 0.477 e. The van der Waals surface area contributed by atoms with Crippen LogP contribution in [0.1, 0.15) is 35.1 Å². The van der Waals surface area contributed by atoms with Crippen LogP contribution in [-0.2, 0) is 7.05 Å². The van der Waals surface area contributed by atoms with Gasteiger partial charge in [-0.05, 0) is 44.9 Å². The van der Waals surface area contributed by atoms with Crippen LogP contribution in [0.3, 0.4) is 0 Å². The van der Waals surface area contributed by atoms with Crippen LogP contribution in [0.5, 0.6) is 5.88 Å². The molecule has 3 heterocycles. The van der Waals surface area contributed by atoms with E-state index in [-0.39, 0.29) is 5.56 Å². The lowest BCUT2D eigenvalue weighted by atomic mass is 10.1. The van der Waals surface area contributed by atoms with Gasteiger partial charge >= 0.3 is 0 Å². The lowest BCUT2D eigenvalue weighted by molar-refractivity contribution is 0.285. The summed E-state index contributed by atoms with van der Waals surface area (Å²) in [4.78, 5) is 25.3. The fourth-order valence-corrected chi connectivity index (χ4v) is 3.44. The number of rotatable bonds is 5. The molecular formula is C22H24N4O2. The zero-order valence-corrected chi connectivity index (χ0v) is 16.6. The van der Waals surface area contributed by atoms with Crippen LogP contribution >= 0.6 is 0 Å². The summed E-state index contributed by atoms with van der Waals surface area (Å²) in [5.41, 5.74) is 4.84. The minimum Gasteiger partial charge on any atom is -0.477 e. The second kappa shape index (κ2) is 7.19. The van der Waals surface area contributed by atoms with Crippen molar-refractivity contribution in [3.8, 4) is 17.0 Å². The number of hydrogen-bond donors (Lipinski definition) is 0. The van der Waals surface area contributed by atoms with Crippen LogP contribution < -0.4 is 10.3 Å². The van der Waals surface area contributed by atoms with Crippen LogP contribution in [0.15, 0.2) is 41.5 Å². The molecule has 1 aliphatic carbocycles. The molecule has 1 saturated carbocycles. The topological polar surface area (TPSA) is 69.9 Å². The molecule has 6 heteroatoms. The Balaban J connectivity index is 1.54. The molecule has 3 aromatic heterocycles. The van der Waals surface area contributed by atoms with Crippen molar-refractivity contribution in [2.75, 3.05) is 6.61 Å². The molecule has 144 valence electrons.